The SMILES string of the molecule is C=C(C1CC1)C1NC(C)CC(C)C1CC. The second-order valence-corrected chi connectivity index (χ2v) is 5.68. The minimum absolute atomic E-state index is 0.598. The van der Waals surface area contributed by atoms with Gasteiger partial charge < -0.3 is 5.32 Å². The molecule has 2 aliphatic rings. The Kier molecular flexibility index (Phi) is 3.20. The molecule has 0 aromatic rings. The zero-order valence-corrected chi connectivity index (χ0v) is 10.4. The monoisotopic (exact) mass is 207 g/mol. The number of rotatable bonds is 3. The van der Waals surface area contributed by atoms with E-state index >= 15 is 0 Å². The predicted octanol–water partition coefficient (Wildman–Crippen LogP) is 3.37. The van der Waals surface area contributed by atoms with Gasteiger partial charge in [-0.3, -0.25) is 0 Å². The molecule has 1 aliphatic heterocycles. The van der Waals surface area contributed by atoms with E-state index in [1.54, 1.807) is 0 Å². The van der Waals surface area contributed by atoms with Crippen molar-refractivity contribution in [3.8, 4) is 0 Å². The molecule has 86 valence electrons. The molecule has 1 aliphatic carbocycles. The molecule has 0 spiro atoms. The third-order valence-electron chi connectivity index (χ3n) is 4.32. The minimum atomic E-state index is 0.598. The zero-order valence-electron chi connectivity index (χ0n) is 10.4. The maximum Gasteiger partial charge on any atom is 0.0312 e. The quantitative estimate of drug-likeness (QED) is 0.700. The number of piperidine rings is 1. The lowest BCUT2D eigenvalue weighted by Crippen LogP contribution is -2.50. The Labute approximate surface area is 94.3 Å². The van der Waals surface area contributed by atoms with Gasteiger partial charge in [0.15, 0.2) is 0 Å². The molecule has 1 heterocycles. The molecule has 1 saturated carbocycles. The number of hydrogen-bond donors (Lipinski definition) is 1. The summed E-state index contributed by atoms with van der Waals surface area (Å²) in [6.07, 6.45) is 5.39. The second kappa shape index (κ2) is 4.29. The van der Waals surface area contributed by atoms with Crippen LogP contribution in [0.1, 0.15) is 46.5 Å². The Morgan fingerprint density at radius 3 is 2.53 bits per heavy atom. The summed E-state index contributed by atoms with van der Waals surface area (Å²) in [7, 11) is 0. The molecular weight excluding hydrogens is 182 g/mol. The van der Waals surface area contributed by atoms with Gasteiger partial charge in [-0.15, -0.1) is 0 Å². The highest BCUT2D eigenvalue weighted by Gasteiger charge is 2.38. The molecule has 1 heteroatoms. The summed E-state index contributed by atoms with van der Waals surface area (Å²) >= 11 is 0. The van der Waals surface area contributed by atoms with E-state index in [1.807, 2.05) is 0 Å². The normalized spacial score (nSPS) is 41.5. The highest BCUT2D eigenvalue weighted by atomic mass is 15.0. The second-order valence-electron chi connectivity index (χ2n) is 5.68. The van der Waals surface area contributed by atoms with Crippen molar-refractivity contribution in [3.63, 3.8) is 0 Å². The molecule has 0 amide bonds. The van der Waals surface area contributed by atoms with E-state index < -0.39 is 0 Å². The molecule has 1 nitrogen and oxygen atoms in total. The van der Waals surface area contributed by atoms with E-state index in [0.29, 0.717) is 12.1 Å². The number of hydrogen-bond acceptors (Lipinski definition) is 1. The van der Waals surface area contributed by atoms with Crippen LogP contribution >= 0.6 is 0 Å². The van der Waals surface area contributed by atoms with Crippen molar-refractivity contribution in [2.45, 2.75) is 58.5 Å². The molecule has 0 bridgehead atoms. The predicted molar refractivity (Wildman–Crippen MR) is 65.8 cm³/mol. The van der Waals surface area contributed by atoms with Crippen LogP contribution in [0.5, 0.6) is 0 Å². The summed E-state index contributed by atoms with van der Waals surface area (Å²) in [5.41, 5.74) is 1.50. The van der Waals surface area contributed by atoms with E-state index in [-0.39, 0.29) is 0 Å². The van der Waals surface area contributed by atoms with Crippen LogP contribution in [-0.4, -0.2) is 12.1 Å². The van der Waals surface area contributed by atoms with Gasteiger partial charge in [-0.05, 0) is 43.9 Å². The lowest BCUT2D eigenvalue weighted by atomic mass is 9.75. The van der Waals surface area contributed by atoms with Gasteiger partial charge in [0.2, 0.25) is 0 Å². The minimum Gasteiger partial charge on any atom is -0.307 e. The van der Waals surface area contributed by atoms with Crippen LogP contribution in [0.15, 0.2) is 12.2 Å². The van der Waals surface area contributed by atoms with Crippen LogP contribution in [0.4, 0.5) is 0 Å². The molecule has 0 aromatic carbocycles. The van der Waals surface area contributed by atoms with E-state index in [9.17, 15) is 0 Å². The van der Waals surface area contributed by atoms with E-state index in [4.69, 9.17) is 0 Å². The van der Waals surface area contributed by atoms with Crippen LogP contribution in [0.2, 0.25) is 0 Å². The Bertz CT molecular complexity index is 242. The van der Waals surface area contributed by atoms with Crippen molar-refractivity contribution in [1.82, 2.24) is 5.32 Å². The van der Waals surface area contributed by atoms with Gasteiger partial charge in [-0.25, -0.2) is 0 Å². The molecule has 1 N–H and O–H groups in total. The largest absolute Gasteiger partial charge is 0.307 e. The average molecular weight is 207 g/mol. The molecule has 0 aromatic heterocycles. The Morgan fingerprint density at radius 1 is 1.33 bits per heavy atom. The molecule has 2 rings (SSSR count). The van der Waals surface area contributed by atoms with Crippen LogP contribution < -0.4 is 5.32 Å². The van der Waals surface area contributed by atoms with Gasteiger partial charge >= 0.3 is 0 Å². The third kappa shape index (κ3) is 2.28. The Balaban J connectivity index is 2.07. The fraction of sp³-hybridized carbons (Fsp3) is 0.857. The van der Waals surface area contributed by atoms with Gasteiger partial charge in [0.1, 0.15) is 0 Å². The molecule has 15 heavy (non-hydrogen) atoms. The van der Waals surface area contributed by atoms with E-state index in [0.717, 1.165) is 17.8 Å². The zero-order chi connectivity index (χ0) is 11.0. The van der Waals surface area contributed by atoms with Gasteiger partial charge in [0.05, 0.1) is 0 Å². The van der Waals surface area contributed by atoms with Crippen molar-refractivity contribution in [2.24, 2.45) is 17.8 Å². The van der Waals surface area contributed by atoms with Gasteiger partial charge in [-0.2, -0.15) is 0 Å². The van der Waals surface area contributed by atoms with Gasteiger partial charge in [0.25, 0.3) is 0 Å². The van der Waals surface area contributed by atoms with Crippen LogP contribution in [0, 0.1) is 17.8 Å². The molecular formula is C14H25N. The summed E-state index contributed by atoms with van der Waals surface area (Å²) in [5.74, 6) is 2.51. The van der Waals surface area contributed by atoms with Crippen molar-refractivity contribution < 1.29 is 0 Å². The van der Waals surface area contributed by atoms with E-state index in [1.165, 1.54) is 31.3 Å². The topological polar surface area (TPSA) is 12.0 Å². The first-order chi connectivity index (χ1) is 7.13. The summed E-state index contributed by atoms with van der Waals surface area (Å²) in [4.78, 5) is 0. The third-order valence-corrected chi connectivity index (χ3v) is 4.32. The molecule has 1 saturated heterocycles. The Morgan fingerprint density at radius 2 is 2.00 bits per heavy atom. The fourth-order valence-electron chi connectivity index (χ4n) is 3.29. The van der Waals surface area contributed by atoms with Crippen LogP contribution in [0.25, 0.3) is 0 Å². The standard InChI is InChI=1S/C14H25N/c1-5-13-9(2)8-10(3)15-14(13)11(4)12-6-7-12/h9-10,12-15H,4-8H2,1-3H3. The van der Waals surface area contributed by atoms with Crippen molar-refractivity contribution >= 4 is 0 Å². The van der Waals surface area contributed by atoms with Gasteiger partial charge in [-0.1, -0.05) is 32.4 Å². The lowest BCUT2D eigenvalue weighted by molar-refractivity contribution is 0.179. The summed E-state index contributed by atoms with van der Waals surface area (Å²) in [6.45, 7) is 11.4. The first-order valence-corrected chi connectivity index (χ1v) is 6.58. The van der Waals surface area contributed by atoms with Crippen molar-refractivity contribution in [2.75, 3.05) is 0 Å². The number of nitrogens with one attached hydrogen (secondary N) is 1. The van der Waals surface area contributed by atoms with Crippen LogP contribution in [0.3, 0.4) is 0 Å². The molecule has 2 fully saturated rings. The molecule has 4 atom stereocenters. The average Bonchev–Trinajstić information content (AvgIpc) is 2.98. The maximum absolute atomic E-state index is 4.34. The summed E-state index contributed by atoms with van der Waals surface area (Å²) < 4.78 is 0. The highest BCUT2D eigenvalue weighted by Crippen LogP contribution is 2.42. The smallest absolute Gasteiger partial charge is 0.0312 e. The summed E-state index contributed by atoms with van der Waals surface area (Å²) in [6, 6.07) is 1.27. The lowest BCUT2D eigenvalue weighted by Gasteiger charge is -2.41. The van der Waals surface area contributed by atoms with Gasteiger partial charge in [0, 0.05) is 12.1 Å². The van der Waals surface area contributed by atoms with E-state index in [2.05, 4.69) is 32.7 Å². The summed E-state index contributed by atoms with van der Waals surface area (Å²) in [5, 5.41) is 3.77. The fourth-order valence-corrected chi connectivity index (χ4v) is 3.29. The molecule has 0 radical (unpaired) electrons. The van der Waals surface area contributed by atoms with Crippen LogP contribution in [-0.2, 0) is 0 Å². The Hall–Kier alpha value is -0.300. The first-order valence-electron chi connectivity index (χ1n) is 6.58. The maximum atomic E-state index is 4.34. The van der Waals surface area contributed by atoms with Crippen molar-refractivity contribution in [1.29, 1.82) is 0 Å². The first kappa shape index (κ1) is 11.2. The van der Waals surface area contributed by atoms with Crippen molar-refractivity contribution in [3.05, 3.63) is 12.2 Å². The highest BCUT2D eigenvalue weighted by molar-refractivity contribution is 5.18. The molecule has 4 unspecified atom stereocenters.